The molecule has 0 atom stereocenters. The van der Waals surface area contributed by atoms with E-state index in [2.05, 4.69) is 32.7 Å². The SMILES string of the molecule is CN(CCc1ccccn1)C(=O)NC1CCN(Cc2cccs2)CC1. The van der Waals surface area contributed by atoms with Gasteiger partial charge < -0.3 is 10.2 Å². The van der Waals surface area contributed by atoms with Crippen LogP contribution >= 0.6 is 11.3 Å². The van der Waals surface area contributed by atoms with Crippen LogP contribution < -0.4 is 5.32 Å². The topological polar surface area (TPSA) is 48.5 Å². The molecule has 25 heavy (non-hydrogen) atoms. The fourth-order valence-electron chi connectivity index (χ4n) is 3.07. The standard InChI is InChI=1S/C19H26N4OS/c1-22(11-7-16-5-2-3-10-20-16)19(24)21-17-8-12-23(13-9-17)15-18-6-4-14-25-18/h2-6,10,14,17H,7-9,11-13,15H2,1H3,(H,21,24). The van der Waals surface area contributed by atoms with E-state index in [1.807, 2.05) is 36.6 Å². The zero-order valence-electron chi connectivity index (χ0n) is 14.7. The third kappa shape index (κ3) is 5.54. The van der Waals surface area contributed by atoms with Crippen LogP contribution in [-0.2, 0) is 13.0 Å². The monoisotopic (exact) mass is 358 g/mol. The molecule has 1 saturated heterocycles. The summed E-state index contributed by atoms with van der Waals surface area (Å²) in [5.74, 6) is 0. The van der Waals surface area contributed by atoms with E-state index in [1.165, 1.54) is 4.88 Å². The van der Waals surface area contributed by atoms with E-state index < -0.39 is 0 Å². The summed E-state index contributed by atoms with van der Waals surface area (Å²) in [6.45, 7) is 3.80. The number of urea groups is 1. The Morgan fingerprint density at radius 2 is 2.16 bits per heavy atom. The Balaban J connectivity index is 1.37. The van der Waals surface area contributed by atoms with Gasteiger partial charge in [0.15, 0.2) is 0 Å². The molecule has 134 valence electrons. The number of amides is 2. The smallest absolute Gasteiger partial charge is 0.317 e. The molecule has 3 rings (SSSR count). The van der Waals surface area contributed by atoms with Gasteiger partial charge in [-0.1, -0.05) is 12.1 Å². The van der Waals surface area contributed by atoms with Gasteiger partial charge in [-0.15, -0.1) is 11.3 Å². The number of carbonyl (C=O) groups is 1. The summed E-state index contributed by atoms with van der Waals surface area (Å²) in [4.78, 5) is 22.3. The molecule has 0 spiro atoms. The van der Waals surface area contributed by atoms with Gasteiger partial charge >= 0.3 is 6.03 Å². The van der Waals surface area contributed by atoms with Crippen LogP contribution in [0.15, 0.2) is 41.9 Å². The number of aromatic nitrogens is 1. The molecule has 0 bridgehead atoms. The van der Waals surface area contributed by atoms with Gasteiger partial charge in [0, 0.05) is 62.5 Å². The predicted octanol–water partition coefficient (Wildman–Crippen LogP) is 2.99. The maximum Gasteiger partial charge on any atom is 0.317 e. The minimum atomic E-state index is 0.0210. The summed E-state index contributed by atoms with van der Waals surface area (Å²) < 4.78 is 0. The molecule has 0 saturated carbocycles. The molecule has 5 nitrogen and oxygen atoms in total. The number of pyridine rings is 1. The van der Waals surface area contributed by atoms with Gasteiger partial charge in [-0.2, -0.15) is 0 Å². The van der Waals surface area contributed by atoms with Crippen molar-refractivity contribution in [2.45, 2.75) is 31.8 Å². The Labute approximate surface area is 153 Å². The Hall–Kier alpha value is -1.92. The predicted molar refractivity (Wildman–Crippen MR) is 102 cm³/mol. The summed E-state index contributed by atoms with van der Waals surface area (Å²) in [5.41, 5.74) is 1.02. The average Bonchev–Trinajstić information content (AvgIpc) is 3.15. The first kappa shape index (κ1) is 17.9. The highest BCUT2D eigenvalue weighted by atomic mass is 32.1. The van der Waals surface area contributed by atoms with Crippen molar-refractivity contribution in [3.05, 3.63) is 52.5 Å². The van der Waals surface area contributed by atoms with Crippen molar-refractivity contribution >= 4 is 17.4 Å². The van der Waals surface area contributed by atoms with Crippen LogP contribution in [0.4, 0.5) is 4.79 Å². The molecule has 1 fully saturated rings. The third-order valence-corrected chi connectivity index (χ3v) is 5.51. The lowest BCUT2D eigenvalue weighted by atomic mass is 10.1. The van der Waals surface area contributed by atoms with E-state index in [0.29, 0.717) is 6.54 Å². The van der Waals surface area contributed by atoms with Crippen molar-refractivity contribution in [2.24, 2.45) is 0 Å². The molecule has 0 unspecified atom stereocenters. The Kier molecular flexibility index (Phi) is 6.42. The van der Waals surface area contributed by atoms with Gasteiger partial charge in [0.25, 0.3) is 0 Å². The van der Waals surface area contributed by atoms with Crippen LogP contribution in [0.3, 0.4) is 0 Å². The first-order chi connectivity index (χ1) is 12.2. The zero-order valence-corrected chi connectivity index (χ0v) is 15.5. The highest BCUT2D eigenvalue weighted by molar-refractivity contribution is 7.09. The number of likely N-dealkylation sites (tertiary alicyclic amines) is 1. The number of likely N-dealkylation sites (N-methyl/N-ethyl adjacent to an activating group) is 1. The van der Waals surface area contributed by atoms with E-state index in [1.54, 1.807) is 11.1 Å². The summed E-state index contributed by atoms with van der Waals surface area (Å²) in [7, 11) is 1.85. The van der Waals surface area contributed by atoms with Crippen molar-refractivity contribution in [3.8, 4) is 0 Å². The van der Waals surface area contributed by atoms with E-state index in [-0.39, 0.29) is 12.1 Å². The second-order valence-electron chi connectivity index (χ2n) is 6.57. The van der Waals surface area contributed by atoms with Gasteiger partial charge in [-0.05, 0) is 36.4 Å². The van der Waals surface area contributed by atoms with Gasteiger partial charge in [0.1, 0.15) is 0 Å². The Morgan fingerprint density at radius 1 is 1.32 bits per heavy atom. The van der Waals surface area contributed by atoms with Crippen LogP contribution in [0.25, 0.3) is 0 Å². The molecule has 2 amide bonds. The lowest BCUT2D eigenvalue weighted by molar-refractivity contribution is 0.175. The summed E-state index contributed by atoms with van der Waals surface area (Å²) in [5, 5.41) is 5.30. The van der Waals surface area contributed by atoms with Crippen LogP contribution in [0.5, 0.6) is 0 Å². The molecular weight excluding hydrogens is 332 g/mol. The van der Waals surface area contributed by atoms with Crippen molar-refractivity contribution in [1.82, 2.24) is 20.1 Å². The van der Waals surface area contributed by atoms with Crippen LogP contribution in [-0.4, -0.2) is 53.5 Å². The minimum Gasteiger partial charge on any atom is -0.335 e. The largest absolute Gasteiger partial charge is 0.335 e. The van der Waals surface area contributed by atoms with Crippen molar-refractivity contribution in [1.29, 1.82) is 0 Å². The number of nitrogens with one attached hydrogen (secondary N) is 1. The number of nitrogens with zero attached hydrogens (tertiary/aromatic N) is 3. The lowest BCUT2D eigenvalue weighted by Gasteiger charge is -2.33. The Bertz CT molecular complexity index is 639. The molecule has 6 heteroatoms. The number of thiophene rings is 1. The lowest BCUT2D eigenvalue weighted by Crippen LogP contribution is -2.48. The summed E-state index contributed by atoms with van der Waals surface area (Å²) in [6.07, 6.45) is 4.61. The van der Waals surface area contributed by atoms with Gasteiger partial charge in [-0.25, -0.2) is 4.79 Å². The fourth-order valence-corrected chi connectivity index (χ4v) is 3.82. The summed E-state index contributed by atoms with van der Waals surface area (Å²) in [6, 6.07) is 10.5. The average molecular weight is 359 g/mol. The van der Waals surface area contributed by atoms with E-state index in [4.69, 9.17) is 0 Å². The fraction of sp³-hybridized carbons (Fsp3) is 0.474. The molecular formula is C19H26N4OS. The molecule has 0 radical (unpaired) electrons. The maximum atomic E-state index is 12.4. The number of hydrogen-bond donors (Lipinski definition) is 1. The molecule has 2 aromatic heterocycles. The minimum absolute atomic E-state index is 0.0210. The molecule has 3 heterocycles. The zero-order chi connectivity index (χ0) is 17.5. The molecule has 1 N–H and O–H groups in total. The van der Waals surface area contributed by atoms with Gasteiger partial charge in [0.2, 0.25) is 0 Å². The van der Waals surface area contributed by atoms with Crippen LogP contribution in [0.1, 0.15) is 23.4 Å². The van der Waals surface area contributed by atoms with Crippen molar-refractivity contribution in [3.63, 3.8) is 0 Å². The highest BCUT2D eigenvalue weighted by Gasteiger charge is 2.22. The van der Waals surface area contributed by atoms with Crippen molar-refractivity contribution in [2.75, 3.05) is 26.7 Å². The van der Waals surface area contributed by atoms with E-state index >= 15 is 0 Å². The van der Waals surface area contributed by atoms with Crippen LogP contribution in [0, 0.1) is 0 Å². The van der Waals surface area contributed by atoms with Gasteiger partial charge in [-0.3, -0.25) is 9.88 Å². The molecule has 1 aliphatic heterocycles. The number of rotatable bonds is 6. The molecule has 0 aromatic carbocycles. The first-order valence-electron chi connectivity index (χ1n) is 8.87. The van der Waals surface area contributed by atoms with Crippen molar-refractivity contribution < 1.29 is 4.79 Å². The Morgan fingerprint density at radius 3 is 2.84 bits per heavy atom. The second kappa shape index (κ2) is 8.97. The molecule has 1 aliphatic rings. The third-order valence-electron chi connectivity index (χ3n) is 4.65. The highest BCUT2D eigenvalue weighted by Crippen LogP contribution is 2.17. The molecule has 2 aromatic rings. The van der Waals surface area contributed by atoms with Crippen LogP contribution in [0.2, 0.25) is 0 Å². The number of hydrogen-bond acceptors (Lipinski definition) is 4. The summed E-state index contributed by atoms with van der Waals surface area (Å²) >= 11 is 1.81. The van der Waals surface area contributed by atoms with E-state index in [0.717, 1.165) is 44.6 Å². The first-order valence-corrected chi connectivity index (χ1v) is 9.75. The molecule has 0 aliphatic carbocycles. The number of piperidine rings is 1. The van der Waals surface area contributed by atoms with Gasteiger partial charge in [0.05, 0.1) is 0 Å². The second-order valence-corrected chi connectivity index (χ2v) is 7.60. The van der Waals surface area contributed by atoms with E-state index in [9.17, 15) is 4.79 Å². The number of carbonyl (C=O) groups excluding carboxylic acids is 1. The maximum absolute atomic E-state index is 12.4. The normalized spacial score (nSPS) is 15.9. The quantitative estimate of drug-likeness (QED) is 0.864.